The standard InChI is InChI=1S/C18H18BrClN4S/c1-22(11-13-3-7-15(19)8-4-13)12-24-18(25)23(2)17(21-24)14-5-9-16(20)10-6-14/h3-10H,11-12H2,1-2H3. The van der Waals surface area contributed by atoms with E-state index in [1.165, 1.54) is 5.56 Å². The van der Waals surface area contributed by atoms with E-state index < -0.39 is 0 Å². The van der Waals surface area contributed by atoms with Gasteiger partial charge in [0.05, 0.1) is 6.67 Å². The summed E-state index contributed by atoms with van der Waals surface area (Å²) in [5.74, 6) is 0.832. The number of rotatable bonds is 5. The van der Waals surface area contributed by atoms with E-state index in [2.05, 4.69) is 45.1 Å². The molecule has 3 rings (SSSR count). The maximum Gasteiger partial charge on any atom is 0.199 e. The summed E-state index contributed by atoms with van der Waals surface area (Å²) in [7, 11) is 3.99. The molecule has 0 atom stereocenters. The molecule has 3 aromatic rings. The number of nitrogens with zero attached hydrogens (tertiary/aromatic N) is 4. The second-order valence-corrected chi connectivity index (χ2v) is 7.67. The molecule has 2 aromatic carbocycles. The van der Waals surface area contributed by atoms with Gasteiger partial charge in [-0.2, -0.15) is 5.10 Å². The van der Waals surface area contributed by atoms with Crippen molar-refractivity contribution >= 4 is 39.7 Å². The molecule has 0 amide bonds. The Morgan fingerprint density at radius 1 is 1.12 bits per heavy atom. The quantitative estimate of drug-likeness (QED) is 0.518. The molecule has 0 N–H and O–H groups in total. The average molecular weight is 438 g/mol. The van der Waals surface area contributed by atoms with E-state index in [-0.39, 0.29) is 0 Å². The Hall–Kier alpha value is -1.47. The highest BCUT2D eigenvalue weighted by Crippen LogP contribution is 2.20. The molecule has 0 spiro atoms. The van der Waals surface area contributed by atoms with Crippen LogP contribution in [0.2, 0.25) is 5.02 Å². The molecule has 0 fully saturated rings. The van der Waals surface area contributed by atoms with E-state index in [1.54, 1.807) is 0 Å². The predicted octanol–water partition coefficient (Wildman–Crippen LogP) is 5.12. The van der Waals surface area contributed by atoms with Gasteiger partial charge in [-0.15, -0.1) is 0 Å². The third-order valence-corrected chi connectivity index (χ3v) is 5.15. The number of halogens is 2. The van der Waals surface area contributed by atoms with Crippen molar-refractivity contribution in [3.8, 4) is 11.4 Å². The molecule has 130 valence electrons. The Balaban J connectivity index is 1.78. The Bertz CT molecular complexity index is 916. The normalized spacial score (nSPS) is 11.2. The third-order valence-electron chi connectivity index (χ3n) is 3.88. The summed E-state index contributed by atoms with van der Waals surface area (Å²) in [6, 6.07) is 15.9. The van der Waals surface area contributed by atoms with Crippen LogP contribution in [0.5, 0.6) is 0 Å². The van der Waals surface area contributed by atoms with Crippen LogP contribution in [0.25, 0.3) is 11.4 Å². The summed E-state index contributed by atoms with van der Waals surface area (Å²) in [5.41, 5.74) is 2.23. The Labute approximate surface area is 165 Å². The van der Waals surface area contributed by atoms with Crippen molar-refractivity contribution in [2.24, 2.45) is 7.05 Å². The van der Waals surface area contributed by atoms with Gasteiger partial charge in [0.25, 0.3) is 0 Å². The van der Waals surface area contributed by atoms with Crippen LogP contribution in [-0.2, 0) is 20.3 Å². The molecule has 7 heteroatoms. The number of benzene rings is 2. The van der Waals surface area contributed by atoms with E-state index in [1.807, 2.05) is 52.7 Å². The molecule has 0 bridgehead atoms. The number of hydrogen-bond donors (Lipinski definition) is 0. The first kappa shape index (κ1) is 18.3. The van der Waals surface area contributed by atoms with Gasteiger partial charge in [0, 0.05) is 28.7 Å². The molecule has 25 heavy (non-hydrogen) atoms. The van der Waals surface area contributed by atoms with Crippen molar-refractivity contribution in [2.75, 3.05) is 7.05 Å². The van der Waals surface area contributed by atoms with Gasteiger partial charge in [-0.1, -0.05) is 39.7 Å². The second kappa shape index (κ2) is 7.83. The van der Waals surface area contributed by atoms with Gasteiger partial charge in [0.2, 0.25) is 0 Å². The van der Waals surface area contributed by atoms with Gasteiger partial charge in [-0.25, -0.2) is 4.68 Å². The molecular formula is C18H18BrClN4S. The minimum atomic E-state index is 0.621. The van der Waals surface area contributed by atoms with E-state index >= 15 is 0 Å². The van der Waals surface area contributed by atoms with E-state index in [9.17, 15) is 0 Å². The van der Waals surface area contributed by atoms with Crippen molar-refractivity contribution < 1.29 is 0 Å². The minimum absolute atomic E-state index is 0.621. The highest BCUT2D eigenvalue weighted by molar-refractivity contribution is 9.10. The highest BCUT2D eigenvalue weighted by atomic mass is 79.9. The van der Waals surface area contributed by atoms with E-state index in [4.69, 9.17) is 23.8 Å². The lowest BCUT2D eigenvalue weighted by Gasteiger charge is -2.16. The Morgan fingerprint density at radius 3 is 2.40 bits per heavy atom. The lowest BCUT2D eigenvalue weighted by Crippen LogP contribution is -2.22. The fourth-order valence-corrected chi connectivity index (χ4v) is 3.19. The highest BCUT2D eigenvalue weighted by Gasteiger charge is 2.11. The topological polar surface area (TPSA) is 26.0 Å². The molecule has 0 aliphatic carbocycles. The van der Waals surface area contributed by atoms with Crippen LogP contribution in [0.3, 0.4) is 0 Å². The van der Waals surface area contributed by atoms with Gasteiger partial charge < -0.3 is 4.57 Å². The zero-order valence-corrected chi connectivity index (χ0v) is 17.1. The maximum atomic E-state index is 5.97. The van der Waals surface area contributed by atoms with Crippen LogP contribution < -0.4 is 0 Å². The van der Waals surface area contributed by atoms with Crippen LogP contribution in [-0.4, -0.2) is 26.3 Å². The summed E-state index contributed by atoms with van der Waals surface area (Å²) in [6.07, 6.45) is 0. The van der Waals surface area contributed by atoms with Gasteiger partial charge in [-0.05, 0) is 61.2 Å². The molecule has 0 saturated carbocycles. The van der Waals surface area contributed by atoms with Crippen molar-refractivity contribution in [1.29, 1.82) is 0 Å². The zero-order valence-electron chi connectivity index (χ0n) is 14.0. The number of hydrogen-bond acceptors (Lipinski definition) is 3. The lowest BCUT2D eigenvalue weighted by molar-refractivity contribution is 0.244. The van der Waals surface area contributed by atoms with E-state index in [0.717, 1.165) is 22.4 Å². The van der Waals surface area contributed by atoms with Crippen LogP contribution >= 0.6 is 39.7 Å². The van der Waals surface area contributed by atoms with Crippen LogP contribution in [0.1, 0.15) is 5.56 Å². The fourth-order valence-electron chi connectivity index (χ4n) is 2.61. The molecule has 0 saturated heterocycles. The lowest BCUT2D eigenvalue weighted by atomic mass is 10.2. The zero-order chi connectivity index (χ0) is 18.0. The summed E-state index contributed by atoms with van der Waals surface area (Å²) in [4.78, 5) is 2.18. The number of aromatic nitrogens is 3. The molecule has 1 aromatic heterocycles. The second-order valence-electron chi connectivity index (χ2n) is 5.95. The van der Waals surface area contributed by atoms with Crippen molar-refractivity contribution in [2.45, 2.75) is 13.2 Å². The van der Waals surface area contributed by atoms with Gasteiger partial charge in [0.1, 0.15) is 0 Å². The van der Waals surface area contributed by atoms with Crippen molar-refractivity contribution in [3.05, 3.63) is 68.4 Å². The van der Waals surface area contributed by atoms with E-state index in [0.29, 0.717) is 16.5 Å². The molecule has 0 aliphatic heterocycles. The monoisotopic (exact) mass is 436 g/mol. The van der Waals surface area contributed by atoms with Crippen molar-refractivity contribution in [3.63, 3.8) is 0 Å². The first-order valence-corrected chi connectivity index (χ1v) is 9.35. The first-order chi connectivity index (χ1) is 11.9. The van der Waals surface area contributed by atoms with Crippen LogP contribution in [0.4, 0.5) is 0 Å². The molecule has 4 nitrogen and oxygen atoms in total. The Morgan fingerprint density at radius 2 is 1.76 bits per heavy atom. The molecule has 1 heterocycles. The fraction of sp³-hybridized carbons (Fsp3) is 0.222. The van der Waals surface area contributed by atoms with Crippen molar-refractivity contribution in [1.82, 2.24) is 19.2 Å². The molecular weight excluding hydrogens is 420 g/mol. The third kappa shape index (κ3) is 4.39. The summed E-state index contributed by atoms with van der Waals surface area (Å²) >= 11 is 15.0. The smallest absolute Gasteiger partial charge is 0.199 e. The van der Waals surface area contributed by atoms with Gasteiger partial charge in [0.15, 0.2) is 10.6 Å². The van der Waals surface area contributed by atoms with Crippen LogP contribution in [0, 0.1) is 4.77 Å². The maximum absolute atomic E-state index is 5.97. The molecule has 0 aliphatic rings. The first-order valence-electron chi connectivity index (χ1n) is 7.77. The Kier molecular flexibility index (Phi) is 5.74. The van der Waals surface area contributed by atoms with Gasteiger partial charge in [-0.3, -0.25) is 4.90 Å². The summed E-state index contributed by atoms with van der Waals surface area (Å²) < 4.78 is 5.54. The molecule has 0 unspecified atom stereocenters. The average Bonchev–Trinajstić information content (AvgIpc) is 2.86. The predicted molar refractivity (Wildman–Crippen MR) is 108 cm³/mol. The van der Waals surface area contributed by atoms with Gasteiger partial charge >= 0.3 is 0 Å². The summed E-state index contributed by atoms with van der Waals surface area (Å²) in [6.45, 7) is 1.44. The van der Waals surface area contributed by atoms with Crippen LogP contribution in [0.15, 0.2) is 53.0 Å². The molecule has 0 radical (unpaired) electrons. The minimum Gasteiger partial charge on any atom is -0.303 e. The summed E-state index contributed by atoms with van der Waals surface area (Å²) in [5, 5.41) is 5.40. The largest absolute Gasteiger partial charge is 0.303 e. The SMILES string of the molecule is CN(Cc1ccc(Br)cc1)Cn1nc(-c2ccc(Cl)cc2)n(C)c1=S.